The first-order valence-electron chi connectivity index (χ1n) is 7.82. The zero-order chi connectivity index (χ0) is 17.8. The number of benzene rings is 1. The first-order chi connectivity index (χ1) is 12.0. The summed E-state index contributed by atoms with van der Waals surface area (Å²) in [6, 6.07) is 13.0. The van der Waals surface area contributed by atoms with Crippen LogP contribution in [-0.4, -0.2) is 17.9 Å². The molecule has 130 valence electrons. The molecule has 4 nitrogen and oxygen atoms in total. The highest BCUT2D eigenvalue weighted by molar-refractivity contribution is 7.10. The Labute approximate surface area is 149 Å². The molecule has 0 aliphatic heterocycles. The molecule has 1 aromatic carbocycles. The number of nitrogens with zero attached hydrogens (tertiary/aromatic N) is 1. The van der Waals surface area contributed by atoms with Crippen LogP contribution in [0.3, 0.4) is 0 Å². The summed E-state index contributed by atoms with van der Waals surface area (Å²) in [5.41, 5.74) is 0. The molecule has 1 unspecified atom stereocenters. The number of hydrogen-bond donors (Lipinski definition) is 0. The molecular weight excluding hydrogens is 341 g/mol. The van der Waals surface area contributed by atoms with E-state index in [9.17, 15) is 9.18 Å². The summed E-state index contributed by atoms with van der Waals surface area (Å²) < 4.78 is 24.0. The minimum Gasteiger partial charge on any atom is -0.486 e. The fraction of sp³-hybridized carbons (Fsp3) is 0.211. The molecule has 0 radical (unpaired) electrons. The van der Waals surface area contributed by atoms with Gasteiger partial charge in [-0.3, -0.25) is 4.79 Å². The van der Waals surface area contributed by atoms with Gasteiger partial charge < -0.3 is 14.1 Å². The molecule has 0 spiro atoms. The van der Waals surface area contributed by atoms with E-state index in [4.69, 9.17) is 9.15 Å². The number of rotatable bonds is 6. The lowest BCUT2D eigenvalue weighted by molar-refractivity contribution is 0.0708. The van der Waals surface area contributed by atoms with Crippen LogP contribution < -0.4 is 4.74 Å². The van der Waals surface area contributed by atoms with Gasteiger partial charge in [-0.15, -0.1) is 11.3 Å². The van der Waals surface area contributed by atoms with Gasteiger partial charge in [-0.05, 0) is 54.8 Å². The molecule has 1 atom stereocenters. The van der Waals surface area contributed by atoms with Crippen molar-refractivity contribution in [3.63, 3.8) is 0 Å². The Hall–Kier alpha value is -2.60. The number of ether oxygens (including phenoxy) is 1. The predicted molar refractivity (Wildman–Crippen MR) is 94.3 cm³/mol. The second-order valence-corrected chi connectivity index (χ2v) is 6.60. The van der Waals surface area contributed by atoms with E-state index < -0.39 is 0 Å². The summed E-state index contributed by atoms with van der Waals surface area (Å²) in [4.78, 5) is 15.3. The van der Waals surface area contributed by atoms with Crippen molar-refractivity contribution in [2.75, 3.05) is 7.05 Å². The van der Waals surface area contributed by atoms with Crippen molar-refractivity contribution in [1.82, 2.24) is 4.90 Å². The van der Waals surface area contributed by atoms with E-state index in [0.717, 1.165) is 4.88 Å². The Morgan fingerprint density at radius 1 is 1.24 bits per heavy atom. The van der Waals surface area contributed by atoms with Gasteiger partial charge in [0.2, 0.25) is 0 Å². The van der Waals surface area contributed by atoms with Gasteiger partial charge in [0.1, 0.15) is 23.9 Å². The fourth-order valence-corrected chi connectivity index (χ4v) is 3.15. The third-order valence-corrected chi connectivity index (χ3v) is 4.97. The Kier molecular flexibility index (Phi) is 5.19. The monoisotopic (exact) mass is 359 g/mol. The van der Waals surface area contributed by atoms with Crippen LogP contribution in [0.2, 0.25) is 0 Å². The minimum atomic E-state index is -0.318. The molecule has 6 heteroatoms. The number of furan rings is 1. The highest BCUT2D eigenvalue weighted by Gasteiger charge is 2.22. The summed E-state index contributed by atoms with van der Waals surface area (Å²) in [5.74, 6) is 0.831. The van der Waals surface area contributed by atoms with Crippen molar-refractivity contribution in [2.45, 2.75) is 19.6 Å². The molecule has 2 heterocycles. The normalized spacial score (nSPS) is 12.0. The number of carbonyl (C=O) groups excluding carboxylic acids is 1. The number of thiophene rings is 1. The van der Waals surface area contributed by atoms with Crippen LogP contribution in [0.5, 0.6) is 5.75 Å². The highest BCUT2D eigenvalue weighted by Crippen LogP contribution is 2.25. The van der Waals surface area contributed by atoms with Crippen LogP contribution >= 0.6 is 11.3 Å². The zero-order valence-corrected chi connectivity index (χ0v) is 14.8. The van der Waals surface area contributed by atoms with Gasteiger partial charge in [-0.2, -0.15) is 0 Å². The number of carbonyl (C=O) groups is 1. The van der Waals surface area contributed by atoms with E-state index in [2.05, 4.69) is 0 Å². The van der Waals surface area contributed by atoms with Crippen LogP contribution in [0, 0.1) is 5.82 Å². The summed E-state index contributed by atoms with van der Waals surface area (Å²) >= 11 is 1.61. The number of hydrogen-bond acceptors (Lipinski definition) is 4. The summed E-state index contributed by atoms with van der Waals surface area (Å²) in [5, 5.41) is 1.99. The van der Waals surface area contributed by atoms with E-state index in [0.29, 0.717) is 11.5 Å². The Morgan fingerprint density at radius 2 is 2.00 bits per heavy atom. The standard InChI is InChI=1S/C19H18FNO3S/c1-13(18-4-3-11-25-18)21(2)19(22)17-10-9-16(24-17)12-23-15-7-5-14(20)6-8-15/h3-11,13H,12H2,1-2H3. The molecule has 0 aliphatic carbocycles. The lowest BCUT2D eigenvalue weighted by Gasteiger charge is -2.23. The predicted octanol–water partition coefficient (Wildman–Crippen LogP) is 4.89. The molecule has 2 aromatic heterocycles. The van der Waals surface area contributed by atoms with E-state index in [-0.39, 0.29) is 30.1 Å². The van der Waals surface area contributed by atoms with E-state index in [1.165, 1.54) is 12.1 Å². The molecule has 0 bridgehead atoms. The first-order valence-corrected chi connectivity index (χ1v) is 8.70. The zero-order valence-electron chi connectivity index (χ0n) is 13.9. The smallest absolute Gasteiger partial charge is 0.289 e. The SMILES string of the molecule is CC(c1cccs1)N(C)C(=O)c1ccc(COc2ccc(F)cc2)o1. The maximum atomic E-state index is 12.9. The molecule has 3 rings (SSSR count). The van der Waals surface area contributed by atoms with Gasteiger partial charge in [-0.1, -0.05) is 6.07 Å². The highest BCUT2D eigenvalue weighted by atomic mass is 32.1. The van der Waals surface area contributed by atoms with Gasteiger partial charge in [0.25, 0.3) is 5.91 Å². The molecule has 3 aromatic rings. The van der Waals surface area contributed by atoms with Crippen molar-refractivity contribution < 1.29 is 18.3 Å². The molecule has 0 saturated heterocycles. The Balaban J connectivity index is 1.62. The second kappa shape index (κ2) is 7.53. The number of amides is 1. The van der Waals surface area contributed by atoms with Crippen LogP contribution in [0.15, 0.2) is 58.3 Å². The van der Waals surface area contributed by atoms with Gasteiger partial charge >= 0.3 is 0 Å². The largest absolute Gasteiger partial charge is 0.486 e. The Morgan fingerprint density at radius 3 is 2.68 bits per heavy atom. The fourth-order valence-electron chi connectivity index (χ4n) is 2.33. The maximum Gasteiger partial charge on any atom is 0.289 e. The third kappa shape index (κ3) is 4.09. The molecular formula is C19H18FNO3S. The quantitative estimate of drug-likeness (QED) is 0.629. The third-order valence-electron chi connectivity index (χ3n) is 3.92. The molecule has 0 aliphatic rings. The Bertz CT molecular complexity index is 827. The topological polar surface area (TPSA) is 42.7 Å². The first kappa shape index (κ1) is 17.2. The second-order valence-electron chi connectivity index (χ2n) is 5.62. The molecule has 1 amide bonds. The molecule has 0 saturated carbocycles. The van der Waals surface area contributed by atoms with E-state index >= 15 is 0 Å². The van der Waals surface area contributed by atoms with Crippen molar-refractivity contribution in [3.05, 3.63) is 76.1 Å². The van der Waals surface area contributed by atoms with Gasteiger partial charge in [0.15, 0.2) is 5.76 Å². The molecule has 0 fully saturated rings. The number of halogens is 1. The van der Waals surface area contributed by atoms with Gasteiger partial charge in [0, 0.05) is 11.9 Å². The van der Waals surface area contributed by atoms with Crippen LogP contribution in [0.4, 0.5) is 4.39 Å². The van der Waals surface area contributed by atoms with E-state index in [1.54, 1.807) is 47.5 Å². The molecule has 0 N–H and O–H groups in total. The summed E-state index contributed by atoms with van der Waals surface area (Å²) in [6.45, 7) is 2.15. The average molecular weight is 359 g/mol. The molecule has 25 heavy (non-hydrogen) atoms. The summed E-state index contributed by atoms with van der Waals surface area (Å²) in [7, 11) is 1.75. The lowest BCUT2D eigenvalue weighted by Crippen LogP contribution is -2.28. The van der Waals surface area contributed by atoms with Gasteiger partial charge in [-0.25, -0.2) is 4.39 Å². The van der Waals surface area contributed by atoms with Crippen molar-refractivity contribution in [1.29, 1.82) is 0 Å². The van der Waals surface area contributed by atoms with Gasteiger partial charge in [0.05, 0.1) is 6.04 Å². The van der Waals surface area contributed by atoms with Crippen LogP contribution in [0.25, 0.3) is 0 Å². The maximum absolute atomic E-state index is 12.9. The van der Waals surface area contributed by atoms with E-state index in [1.807, 2.05) is 24.4 Å². The minimum absolute atomic E-state index is 0.0310. The van der Waals surface area contributed by atoms with Crippen molar-refractivity contribution in [2.24, 2.45) is 0 Å². The lowest BCUT2D eigenvalue weighted by atomic mass is 10.2. The van der Waals surface area contributed by atoms with Crippen molar-refractivity contribution in [3.8, 4) is 5.75 Å². The van der Waals surface area contributed by atoms with Crippen LogP contribution in [-0.2, 0) is 6.61 Å². The van der Waals surface area contributed by atoms with Crippen LogP contribution in [0.1, 0.15) is 34.2 Å². The summed E-state index contributed by atoms with van der Waals surface area (Å²) in [6.07, 6.45) is 0. The van der Waals surface area contributed by atoms with Crippen molar-refractivity contribution >= 4 is 17.2 Å². The average Bonchev–Trinajstić information content (AvgIpc) is 3.31.